The number of esters is 1. The Morgan fingerprint density at radius 1 is 0.955 bits per heavy atom. The summed E-state index contributed by atoms with van der Waals surface area (Å²) in [4.78, 5) is 32.0. The largest absolute Gasteiger partial charge is 0.453 e. The van der Waals surface area contributed by atoms with Gasteiger partial charge in [-0.15, -0.1) is 0 Å². The molecule has 1 aliphatic heterocycles. The highest BCUT2D eigenvalue weighted by molar-refractivity contribution is 7.99. The highest BCUT2D eigenvalue weighted by Crippen LogP contribution is 2.39. The number of aliphatic hydroxyl groups excluding tert-OH is 1. The van der Waals surface area contributed by atoms with Gasteiger partial charge in [-0.1, -0.05) is 78.5 Å². The van der Waals surface area contributed by atoms with Gasteiger partial charge in [0, 0.05) is 43.6 Å². The van der Waals surface area contributed by atoms with Crippen molar-refractivity contribution < 1.29 is 28.9 Å². The van der Waals surface area contributed by atoms with Gasteiger partial charge in [-0.3, -0.25) is 9.59 Å². The van der Waals surface area contributed by atoms with E-state index in [-0.39, 0.29) is 24.7 Å². The van der Waals surface area contributed by atoms with Crippen LogP contribution in [0.15, 0.2) is 96.4 Å². The second-order valence-corrected chi connectivity index (χ2v) is 11.5. The van der Waals surface area contributed by atoms with Crippen LogP contribution in [0.3, 0.4) is 0 Å². The highest BCUT2D eigenvalue weighted by Gasteiger charge is 2.32. The number of thioether (sulfide) groups is 1. The topological polar surface area (TPSA) is 120 Å². The minimum atomic E-state index is -0.850. The molecule has 2 N–H and O–H groups in total. The van der Waals surface area contributed by atoms with E-state index in [2.05, 4.69) is 15.3 Å². The maximum Gasteiger partial charge on any atom is 0.303 e. The predicted molar refractivity (Wildman–Crippen MR) is 166 cm³/mol. The first kappa shape index (κ1) is 31.3. The van der Waals surface area contributed by atoms with Gasteiger partial charge in [0.05, 0.1) is 18.8 Å². The lowest BCUT2D eigenvalue weighted by molar-refractivity contribution is -0.245. The molecule has 1 amide bonds. The van der Waals surface area contributed by atoms with Gasteiger partial charge in [0.25, 0.3) is 5.91 Å². The summed E-state index contributed by atoms with van der Waals surface area (Å²) in [6.07, 6.45) is 2.44. The van der Waals surface area contributed by atoms with E-state index in [0.29, 0.717) is 23.9 Å². The summed E-state index contributed by atoms with van der Waals surface area (Å²) in [6.45, 7) is 3.13. The Balaban J connectivity index is 1.28. The number of carbonyl (C=O) groups is 2. The van der Waals surface area contributed by atoms with Gasteiger partial charge in [0.15, 0.2) is 17.6 Å². The molecule has 1 fully saturated rings. The Kier molecular flexibility index (Phi) is 10.7. The van der Waals surface area contributed by atoms with Gasteiger partial charge in [0.1, 0.15) is 0 Å². The molecular weight excluding hydrogens is 578 g/mol. The zero-order valence-corrected chi connectivity index (χ0v) is 25.4. The minimum Gasteiger partial charge on any atom is -0.453 e. The molecule has 0 saturated carbocycles. The molecule has 4 atom stereocenters. The number of carbonyl (C=O) groups excluding carboxylic acids is 2. The Morgan fingerprint density at radius 2 is 1.68 bits per heavy atom. The number of aromatic nitrogens is 2. The Morgan fingerprint density at radius 3 is 2.39 bits per heavy atom. The van der Waals surface area contributed by atoms with Crippen molar-refractivity contribution in [1.82, 2.24) is 15.3 Å². The molecule has 10 heteroatoms. The van der Waals surface area contributed by atoms with E-state index in [1.165, 1.54) is 6.92 Å². The van der Waals surface area contributed by atoms with Crippen LogP contribution in [0, 0.1) is 0 Å². The number of nitrogens with zero attached hydrogens (tertiary/aromatic N) is 2. The van der Waals surface area contributed by atoms with Crippen LogP contribution in [0.25, 0.3) is 11.1 Å². The fourth-order valence-corrected chi connectivity index (χ4v) is 5.70. The molecule has 228 valence electrons. The van der Waals surface area contributed by atoms with Crippen molar-refractivity contribution >= 4 is 23.6 Å². The summed E-state index contributed by atoms with van der Waals surface area (Å²) < 4.78 is 17.9. The van der Waals surface area contributed by atoms with E-state index >= 15 is 0 Å². The first-order chi connectivity index (χ1) is 21.4. The lowest BCUT2D eigenvalue weighted by atomic mass is 9.99. The van der Waals surface area contributed by atoms with E-state index in [4.69, 9.17) is 14.2 Å². The van der Waals surface area contributed by atoms with Crippen molar-refractivity contribution in [3.05, 3.63) is 114 Å². The van der Waals surface area contributed by atoms with Crippen LogP contribution in [0.1, 0.15) is 54.9 Å². The quantitative estimate of drug-likeness (QED) is 0.128. The maximum absolute atomic E-state index is 12.2. The number of aliphatic hydroxyl groups is 1. The van der Waals surface area contributed by atoms with Gasteiger partial charge in [-0.25, -0.2) is 9.97 Å². The van der Waals surface area contributed by atoms with E-state index in [0.717, 1.165) is 33.4 Å². The second kappa shape index (κ2) is 15.1. The number of hydrogen-bond donors (Lipinski definition) is 2. The standard InChI is InChI=1S/C34H35N3O6S/c1-22(41-23(2)39)32(40)37-19-25-5-3-6-29(17-25)26-11-13-28(14-12-26)33-42-30(21-44-34-35-15-4-16-36-34)18-31(43-33)27-9-7-24(20-38)8-10-27/h3-17,22,30-31,33,38H,18-21H2,1-2H3,(H,37,40)/t22-,30-,31+,33+/m0/s1. The Labute approximate surface area is 261 Å². The number of ether oxygens (including phenoxy) is 3. The van der Waals surface area contributed by atoms with E-state index in [9.17, 15) is 14.7 Å². The molecule has 4 aromatic rings. The lowest BCUT2D eigenvalue weighted by Crippen LogP contribution is -2.35. The highest BCUT2D eigenvalue weighted by atomic mass is 32.2. The first-order valence-electron chi connectivity index (χ1n) is 14.4. The van der Waals surface area contributed by atoms with Gasteiger partial charge in [-0.2, -0.15) is 0 Å². The zero-order chi connectivity index (χ0) is 30.9. The second-order valence-electron chi connectivity index (χ2n) is 10.5. The van der Waals surface area contributed by atoms with Crippen LogP contribution in [-0.4, -0.2) is 44.9 Å². The summed E-state index contributed by atoms with van der Waals surface area (Å²) in [5, 5.41) is 13.0. The van der Waals surface area contributed by atoms with Crippen molar-refractivity contribution in [2.75, 3.05) is 5.75 Å². The summed E-state index contributed by atoms with van der Waals surface area (Å²) in [5.41, 5.74) is 5.72. The lowest BCUT2D eigenvalue weighted by Gasteiger charge is -2.36. The molecule has 5 rings (SSSR count). The predicted octanol–water partition coefficient (Wildman–Crippen LogP) is 5.54. The van der Waals surface area contributed by atoms with Crippen LogP contribution < -0.4 is 5.32 Å². The van der Waals surface area contributed by atoms with Crippen molar-refractivity contribution in [3.63, 3.8) is 0 Å². The molecule has 9 nitrogen and oxygen atoms in total. The fraction of sp³-hybridized carbons (Fsp3) is 0.294. The molecule has 0 bridgehead atoms. The fourth-order valence-electron chi connectivity index (χ4n) is 4.88. The molecule has 3 aromatic carbocycles. The monoisotopic (exact) mass is 613 g/mol. The van der Waals surface area contributed by atoms with E-state index in [1.54, 1.807) is 37.1 Å². The number of rotatable bonds is 11. The molecule has 1 aromatic heterocycles. The van der Waals surface area contributed by atoms with Crippen molar-refractivity contribution in [3.8, 4) is 11.1 Å². The Hall–Kier alpha value is -4.09. The van der Waals surface area contributed by atoms with Crippen molar-refractivity contribution in [1.29, 1.82) is 0 Å². The molecule has 1 aliphatic rings. The smallest absolute Gasteiger partial charge is 0.303 e. The third-order valence-electron chi connectivity index (χ3n) is 7.18. The zero-order valence-electron chi connectivity index (χ0n) is 24.6. The van der Waals surface area contributed by atoms with Gasteiger partial charge in [0.2, 0.25) is 0 Å². The molecule has 0 spiro atoms. The average Bonchev–Trinajstić information content (AvgIpc) is 3.06. The van der Waals surface area contributed by atoms with Crippen LogP contribution in [0.5, 0.6) is 0 Å². The number of hydrogen-bond acceptors (Lipinski definition) is 9. The molecule has 0 aliphatic carbocycles. The number of benzene rings is 3. The molecule has 1 saturated heterocycles. The summed E-state index contributed by atoms with van der Waals surface area (Å²) in [6, 6.07) is 25.6. The molecular formula is C34H35N3O6S. The van der Waals surface area contributed by atoms with Crippen LogP contribution in [-0.2, 0) is 37.0 Å². The Bertz CT molecular complexity index is 1540. The summed E-state index contributed by atoms with van der Waals surface area (Å²) >= 11 is 1.55. The minimum absolute atomic E-state index is 0.00688. The average molecular weight is 614 g/mol. The third kappa shape index (κ3) is 8.51. The van der Waals surface area contributed by atoms with E-state index in [1.807, 2.05) is 72.8 Å². The molecule has 0 unspecified atom stereocenters. The van der Waals surface area contributed by atoms with Crippen LogP contribution in [0.2, 0.25) is 0 Å². The molecule has 44 heavy (non-hydrogen) atoms. The van der Waals surface area contributed by atoms with Gasteiger partial charge >= 0.3 is 5.97 Å². The number of amides is 1. The number of nitrogens with one attached hydrogen (secondary N) is 1. The SMILES string of the molecule is CC(=O)O[C@@H](C)C(=O)NCc1cccc(-c2ccc([C@@H]3O[C@H](CSc4ncccn4)C[C@H](c4ccc(CO)cc4)O3)cc2)c1. The van der Waals surface area contributed by atoms with Crippen LogP contribution in [0.4, 0.5) is 0 Å². The van der Waals surface area contributed by atoms with Gasteiger partial charge < -0.3 is 24.6 Å². The van der Waals surface area contributed by atoms with Crippen molar-refractivity contribution in [2.24, 2.45) is 0 Å². The molecule has 2 heterocycles. The summed E-state index contributed by atoms with van der Waals surface area (Å²) in [7, 11) is 0. The van der Waals surface area contributed by atoms with Crippen molar-refractivity contribution in [2.45, 2.75) is 63.2 Å². The molecule has 0 radical (unpaired) electrons. The van der Waals surface area contributed by atoms with E-state index < -0.39 is 18.4 Å². The summed E-state index contributed by atoms with van der Waals surface area (Å²) in [5.74, 6) is -0.167. The van der Waals surface area contributed by atoms with Gasteiger partial charge in [-0.05, 0) is 46.9 Å². The van der Waals surface area contributed by atoms with Crippen LogP contribution >= 0.6 is 11.8 Å². The first-order valence-corrected chi connectivity index (χ1v) is 15.4. The normalized spacial score (nSPS) is 18.8. The third-order valence-corrected chi connectivity index (χ3v) is 8.18. The maximum atomic E-state index is 12.2.